The zero-order chi connectivity index (χ0) is 16.3. The average molecular weight is 379 g/mol. The van der Waals surface area contributed by atoms with Gasteiger partial charge in [0.1, 0.15) is 5.75 Å². The van der Waals surface area contributed by atoms with Gasteiger partial charge in [-0.25, -0.2) is 0 Å². The molecule has 0 radical (unpaired) electrons. The van der Waals surface area contributed by atoms with E-state index in [0.717, 1.165) is 31.7 Å². The highest BCUT2D eigenvalue weighted by Gasteiger charge is 2.34. The molecule has 1 N–H and O–H groups in total. The molecule has 2 aromatic rings. The van der Waals surface area contributed by atoms with Crippen LogP contribution in [0.1, 0.15) is 17.2 Å². The van der Waals surface area contributed by atoms with Gasteiger partial charge in [-0.15, -0.1) is 25.6 Å². The Bertz CT molecular complexity index is 631. The van der Waals surface area contributed by atoms with E-state index in [4.69, 9.17) is 0 Å². The Hall–Kier alpha value is -1.28. The molecule has 0 spiro atoms. The molecule has 1 aromatic carbocycles. The van der Waals surface area contributed by atoms with Crippen LogP contribution in [0.15, 0.2) is 41.1 Å². The lowest BCUT2D eigenvalue weighted by molar-refractivity contribution is -0.275. The van der Waals surface area contributed by atoms with Crippen LogP contribution in [0.4, 0.5) is 13.2 Å². The topological polar surface area (TPSA) is 24.5 Å². The molecule has 1 aromatic heterocycles. The second-order valence-electron chi connectivity index (χ2n) is 5.33. The van der Waals surface area contributed by atoms with Crippen molar-refractivity contribution in [1.82, 2.24) is 10.2 Å². The summed E-state index contributed by atoms with van der Waals surface area (Å²) in [5.41, 5.74) is 1.54. The first-order valence-corrected chi connectivity index (χ1v) is 8.30. The van der Waals surface area contributed by atoms with Gasteiger partial charge in [0.15, 0.2) is 0 Å². The number of halogens is 4. The average Bonchev–Trinajstić information content (AvgIpc) is 3.03. The van der Waals surface area contributed by atoms with Gasteiger partial charge in [0.25, 0.3) is 0 Å². The summed E-state index contributed by atoms with van der Waals surface area (Å²) in [6.07, 6.45) is -4.70. The number of hydrogen-bond acceptors (Lipinski definition) is 4. The van der Waals surface area contributed by atoms with Crippen molar-refractivity contribution in [1.29, 1.82) is 0 Å². The first-order valence-electron chi connectivity index (χ1n) is 7.36. The van der Waals surface area contributed by atoms with E-state index in [-0.39, 0.29) is 24.2 Å². The van der Waals surface area contributed by atoms with E-state index in [9.17, 15) is 13.2 Å². The molecular formula is C16H18ClF3N2OS. The van der Waals surface area contributed by atoms with E-state index < -0.39 is 6.36 Å². The molecule has 1 atom stereocenters. The van der Waals surface area contributed by atoms with Crippen molar-refractivity contribution < 1.29 is 17.9 Å². The number of thiophene rings is 1. The quantitative estimate of drug-likeness (QED) is 0.868. The van der Waals surface area contributed by atoms with Crippen LogP contribution in [-0.4, -0.2) is 37.4 Å². The number of benzene rings is 1. The Labute approximate surface area is 148 Å². The molecule has 0 bridgehead atoms. The van der Waals surface area contributed by atoms with Gasteiger partial charge in [-0.2, -0.15) is 11.3 Å². The minimum atomic E-state index is -4.70. The molecule has 8 heteroatoms. The fraction of sp³-hybridized carbons (Fsp3) is 0.375. The summed E-state index contributed by atoms with van der Waals surface area (Å²) in [7, 11) is 0. The predicted octanol–water partition coefficient (Wildman–Crippen LogP) is 4.06. The normalized spacial score (nSPS) is 17.1. The number of para-hydroxylation sites is 1. The Morgan fingerprint density at radius 3 is 2.46 bits per heavy atom. The summed E-state index contributed by atoms with van der Waals surface area (Å²) in [5.74, 6) is -0.130. The number of rotatable bonds is 4. The maximum Gasteiger partial charge on any atom is 0.573 e. The standard InChI is InChI=1S/C16H17F3N2OS.ClH/c17-16(18,19)22-14-4-2-1-3-13(14)15(12-5-10-23-11-12)21-8-6-20-7-9-21;/h1-5,10-11,15,20H,6-9H2;1H/t15-;/m1./s1. The van der Waals surface area contributed by atoms with Crippen molar-refractivity contribution in [2.75, 3.05) is 26.2 Å². The highest BCUT2D eigenvalue weighted by atomic mass is 35.5. The van der Waals surface area contributed by atoms with Gasteiger partial charge in [0.2, 0.25) is 0 Å². The van der Waals surface area contributed by atoms with E-state index in [2.05, 4.69) is 15.0 Å². The highest BCUT2D eigenvalue weighted by Crippen LogP contribution is 2.37. The fourth-order valence-corrected chi connectivity index (χ4v) is 3.56. The molecule has 0 saturated carbocycles. The summed E-state index contributed by atoms with van der Waals surface area (Å²) in [5, 5.41) is 7.19. The van der Waals surface area contributed by atoms with Crippen molar-refractivity contribution in [3.63, 3.8) is 0 Å². The fourth-order valence-electron chi connectivity index (χ4n) is 2.88. The first kappa shape index (κ1) is 19.1. The number of hydrogen-bond donors (Lipinski definition) is 1. The number of alkyl halides is 3. The second kappa shape index (κ2) is 8.20. The Morgan fingerprint density at radius 2 is 1.83 bits per heavy atom. The third-order valence-electron chi connectivity index (χ3n) is 3.81. The SMILES string of the molecule is Cl.FC(F)(F)Oc1ccccc1[C@@H](c1ccsc1)N1CCNCC1. The molecule has 1 saturated heterocycles. The number of piperazine rings is 1. The summed E-state index contributed by atoms with van der Waals surface area (Å²) in [4.78, 5) is 2.19. The van der Waals surface area contributed by atoms with Gasteiger partial charge >= 0.3 is 6.36 Å². The molecule has 3 rings (SSSR count). The molecule has 0 aliphatic carbocycles. The van der Waals surface area contributed by atoms with Gasteiger partial charge < -0.3 is 10.1 Å². The number of nitrogens with one attached hydrogen (secondary N) is 1. The van der Waals surface area contributed by atoms with Crippen LogP contribution in [0.3, 0.4) is 0 Å². The lowest BCUT2D eigenvalue weighted by Crippen LogP contribution is -2.45. The van der Waals surface area contributed by atoms with E-state index in [1.54, 1.807) is 29.5 Å². The molecule has 1 aliphatic rings. The molecule has 132 valence electrons. The van der Waals surface area contributed by atoms with E-state index >= 15 is 0 Å². The molecule has 0 amide bonds. The van der Waals surface area contributed by atoms with E-state index in [1.165, 1.54) is 6.07 Å². The summed E-state index contributed by atoms with van der Waals surface area (Å²) in [6.45, 7) is 3.20. The van der Waals surface area contributed by atoms with Gasteiger partial charge in [0.05, 0.1) is 6.04 Å². The van der Waals surface area contributed by atoms with Gasteiger partial charge in [0, 0.05) is 31.7 Å². The van der Waals surface area contributed by atoms with Crippen LogP contribution in [0.2, 0.25) is 0 Å². The maximum atomic E-state index is 12.7. The smallest absolute Gasteiger partial charge is 0.405 e. The molecule has 0 unspecified atom stereocenters. The number of nitrogens with zero attached hydrogens (tertiary/aromatic N) is 1. The highest BCUT2D eigenvalue weighted by molar-refractivity contribution is 7.08. The van der Waals surface area contributed by atoms with Crippen LogP contribution in [0.25, 0.3) is 0 Å². The lowest BCUT2D eigenvalue weighted by atomic mass is 9.98. The molecular weight excluding hydrogens is 361 g/mol. The zero-order valence-corrected chi connectivity index (χ0v) is 14.4. The van der Waals surface area contributed by atoms with Crippen LogP contribution < -0.4 is 10.1 Å². The van der Waals surface area contributed by atoms with Gasteiger partial charge in [-0.05, 0) is 28.5 Å². The predicted molar refractivity (Wildman–Crippen MR) is 91.0 cm³/mol. The maximum absolute atomic E-state index is 12.7. The molecule has 2 heterocycles. The van der Waals surface area contributed by atoms with Gasteiger partial charge in [-0.3, -0.25) is 4.90 Å². The van der Waals surface area contributed by atoms with Crippen molar-refractivity contribution in [3.8, 4) is 5.75 Å². The van der Waals surface area contributed by atoms with Crippen molar-refractivity contribution >= 4 is 23.7 Å². The molecule has 3 nitrogen and oxygen atoms in total. The van der Waals surface area contributed by atoms with Crippen molar-refractivity contribution in [2.45, 2.75) is 12.4 Å². The van der Waals surface area contributed by atoms with E-state index in [1.807, 2.05) is 16.8 Å². The monoisotopic (exact) mass is 378 g/mol. The minimum Gasteiger partial charge on any atom is -0.405 e. The van der Waals surface area contributed by atoms with Crippen LogP contribution in [-0.2, 0) is 0 Å². The Kier molecular flexibility index (Phi) is 6.51. The van der Waals surface area contributed by atoms with Gasteiger partial charge in [-0.1, -0.05) is 18.2 Å². The lowest BCUT2D eigenvalue weighted by Gasteiger charge is -2.35. The second-order valence-corrected chi connectivity index (χ2v) is 6.11. The molecule has 1 aliphatic heterocycles. The van der Waals surface area contributed by atoms with Crippen LogP contribution >= 0.6 is 23.7 Å². The third-order valence-corrected chi connectivity index (χ3v) is 4.52. The number of ether oxygens (including phenoxy) is 1. The summed E-state index contributed by atoms with van der Waals surface area (Å²) in [6, 6.07) is 8.13. The first-order chi connectivity index (χ1) is 11.0. The summed E-state index contributed by atoms with van der Waals surface area (Å²) >= 11 is 1.54. The Balaban J connectivity index is 0.00000208. The van der Waals surface area contributed by atoms with E-state index in [0.29, 0.717) is 5.56 Å². The molecule has 1 fully saturated rings. The third kappa shape index (κ3) is 4.63. The van der Waals surface area contributed by atoms with Crippen molar-refractivity contribution in [3.05, 3.63) is 52.2 Å². The minimum absolute atomic E-state index is 0. The van der Waals surface area contributed by atoms with Crippen LogP contribution in [0, 0.1) is 0 Å². The zero-order valence-electron chi connectivity index (χ0n) is 12.8. The summed E-state index contributed by atoms with van der Waals surface area (Å²) < 4.78 is 42.4. The molecule has 24 heavy (non-hydrogen) atoms. The largest absolute Gasteiger partial charge is 0.573 e. The van der Waals surface area contributed by atoms with Crippen LogP contribution in [0.5, 0.6) is 5.75 Å². The Morgan fingerprint density at radius 1 is 1.12 bits per heavy atom. The van der Waals surface area contributed by atoms with Crippen molar-refractivity contribution in [2.24, 2.45) is 0 Å².